The molecule has 0 aromatic carbocycles. The van der Waals surface area contributed by atoms with Gasteiger partial charge in [0.15, 0.2) is 5.11 Å². The lowest BCUT2D eigenvalue weighted by molar-refractivity contribution is -0.125. The average molecular weight is 233 g/mol. The van der Waals surface area contributed by atoms with Gasteiger partial charge in [-0.2, -0.15) is 0 Å². The number of rotatable bonds is 4. The van der Waals surface area contributed by atoms with E-state index < -0.39 is 0 Å². The summed E-state index contributed by atoms with van der Waals surface area (Å²) in [5.41, 5.74) is 2.65. The normalized spacial score (nSPS) is 9.60. The van der Waals surface area contributed by atoms with Gasteiger partial charge >= 0.3 is 0 Å². The molecule has 0 rings (SSSR count). The van der Waals surface area contributed by atoms with E-state index in [0.29, 0.717) is 24.7 Å². The summed E-state index contributed by atoms with van der Waals surface area (Å²) in [5, 5.41) is 2.07. The monoisotopic (exact) mass is 233 g/mol. The highest BCUT2D eigenvalue weighted by molar-refractivity contribution is 7.80. The van der Waals surface area contributed by atoms with Crippen LogP contribution >= 0.6 is 12.2 Å². The van der Waals surface area contributed by atoms with Crippen LogP contribution in [-0.2, 0) is 9.53 Å². The topological polar surface area (TPSA) is 44.8 Å². The number of nitrogens with one attached hydrogen (secondary N) is 1. The Labute approximate surface area is 96.3 Å². The Hall–Kier alpha value is -0.880. The van der Waals surface area contributed by atoms with Crippen molar-refractivity contribution in [2.75, 3.05) is 34.4 Å². The third kappa shape index (κ3) is 6.24. The van der Waals surface area contributed by atoms with Gasteiger partial charge in [-0.3, -0.25) is 15.2 Å². The fraction of sp³-hybridized carbons (Fsp3) is 0.778. The summed E-state index contributed by atoms with van der Waals surface area (Å²) >= 11 is 5.06. The predicted octanol–water partition coefficient (Wildman–Crippen LogP) is 0.223. The molecule has 5 nitrogen and oxygen atoms in total. The minimum absolute atomic E-state index is 0.102. The van der Waals surface area contributed by atoms with Crippen molar-refractivity contribution in [3.05, 3.63) is 0 Å². The lowest BCUT2D eigenvalue weighted by atomic mass is 10.4. The number of thiocarbonyl (C=S) groups is 1. The molecule has 0 spiro atoms. The van der Waals surface area contributed by atoms with Crippen LogP contribution in [0.25, 0.3) is 0 Å². The summed E-state index contributed by atoms with van der Waals surface area (Å²) < 4.78 is 5.07. The van der Waals surface area contributed by atoms with E-state index in [0.717, 1.165) is 0 Å². The Bertz CT molecular complexity index is 221. The van der Waals surface area contributed by atoms with Gasteiger partial charge in [0.1, 0.15) is 0 Å². The number of hydrogen-bond acceptors (Lipinski definition) is 3. The van der Waals surface area contributed by atoms with Crippen molar-refractivity contribution in [1.29, 1.82) is 0 Å². The van der Waals surface area contributed by atoms with E-state index in [2.05, 4.69) is 5.43 Å². The van der Waals surface area contributed by atoms with Gasteiger partial charge in [0.2, 0.25) is 5.91 Å². The Morgan fingerprint density at radius 1 is 1.40 bits per heavy atom. The zero-order valence-corrected chi connectivity index (χ0v) is 10.6. The van der Waals surface area contributed by atoms with E-state index in [9.17, 15) is 4.79 Å². The molecule has 0 atom stereocenters. The Morgan fingerprint density at radius 3 is 2.47 bits per heavy atom. The molecule has 0 unspecified atom stereocenters. The lowest BCUT2D eigenvalue weighted by Gasteiger charge is -2.25. The third-order valence-electron chi connectivity index (χ3n) is 1.64. The third-order valence-corrected chi connectivity index (χ3v) is 2.28. The fourth-order valence-corrected chi connectivity index (χ4v) is 0.946. The van der Waals surface area contributed by atoms with Crippen molar-refractivity contribution >= 4 is 23.2 Å². The number of hydrazine groups is 1. The van der Waals surface area contributed by atoms with Gasteiger partial charge in [-0.1, -0.05) is 0 Å². The van der Waals surface area contributed by atoms with Crippen LogP contribution in [0, 0.1) is 0 Å². The largest absolute Gasteiger partial charge is 0.381 e. The van der Waals surface area contributed by atoms with Gasteiger partial charge in [0, 0.05) is 27.7 Å². The summed E-state index contributed by atoms with van der Waals surface area (Å²) in [6, 6.07) is 0. The maximum Gasteiger partial charge on any atom is 0.240 e. The summed E-state index contributed by atoms with van der Waals surface area (Å²) in [5.74, 6) is -0.102. The molecule has 1 amide bonds. The molecule has 0 aliphatic rings. The maximum absolute atomic E-state index is 11.3. The minimum Gasteiger partial charge on any atom is -0.381 e. The molecule has 0 aromatic heterocycles. The molecular weight excluding hydrogens is 214 g/mol. The smallest absolute Gasteiger partial charge is 0.240 e. The van der Waals surface area contributed by atoms with E-state index >= 15 is 0 Å². The number of amides is 1. The van der Waals surface area contributed by atoms with Gasteiger partial charge in [-0.15, -0.1) is 0 Å². The molecule has 0 bridgehead atoms. The van der Waals surface area contributed by atoms with Crippen LogP contribution in [0.5, 0.6) is 0 Å². The highest BCUT2D eigenvalue weighted by Gasteiger charge is 2.09. The van der Waals surface area contributed by atoms with Gasteiger partial charge in [0.25, 0.3) is 0 Å². The quantitative estimate of drug-likeness (QED) is 0.427. The lowest BCUT2D eigenvalue weighted by Crippen LogP contribution is -2.47. The Balaban J connectivity index is 3.81. The molecule has 1 N–H and O–H groups in total. The predicted molar refractivity (Wildman–Crippen MR) is 63.3 cm³/mol. The molecule has 0 fully saturated rings. The summed E-state index contributed by atoms with van der Waals surface area (Å²) in [7, 11) is 5.36. The van der Waals surface area contributed by atoms with Crippen molar-refractivity contribution < 1.29 is 9.53 Å². The Kier molecular flexibility index (Phi) is 6.98. The van der Waals surface area contributed by atoms with Crippen LogP contribution < -0.4 is 5.43 Å². The van der Waals surface area contributed by atoms with Gasteiger partial charge in [-0.25, -0.2) is 0 Å². The number of hydrogen-bond donors (Lipinski definition) is 1. The van der Waals surface area contributed by atoms with E-state index in [4.69, 9.17) is 17.0 Å². The van der Waals surface area contributed by atoms with Crippen LogP contribution in [0.1, 0.15) is 13.3 Å². The number of carbonyl (C=O) groups is 1. The molecular formula is C9H19N3O2S. The average Bonchev–Trinajstić information content (AvgIpc) is 2.16. The molecule has 6 heteroatoms. The van der Waals surface area contributed by atoms with Crippen LogP contribution in [0.4, 0.5) is 0 Å². The van der Waals surface area contributed by atoms with E-state index in [1.165, 1.54) is 5.01 Å². The first kappa shape index (κ1) is 14.1. The molecule has 0 aromatic rings. The van der Waals surface area contributed by atoms with Crippen LogP contribution in [0.15, 0.2) is 0 Å². The zero-order valence-electron chi connectivity index (χ0n) is 9.74. The second-order valence-electron chi connectivity index (χ2n) is 3.22. The van der Waals surface area contributed by atoms with E-state index in [1.807, 2.05) is 21.0 Å². The van der Waals surface area contributed by atoms with Gasteiger partial charge in [-0.05, 0) is 19.1 Å². The van der Waals surface area contributed by atoms with Crippen LogP contribution in [-0.4, -0.2) is 55.3 Å². The van der Waals surface area contributed by atoms with Crippen molar-refractivity contribution in [3.63, 3.8) is 0 Å². The standard InChI is InChI=1S/C9H19N3O2S/c1-5-14-7-6-8(13)10-12(4)9(15)11(2)3/h5-7H2,1-4H3,(H,10,13). The summed E-state index contributed by atoms with van der Waals surface area (Å²) in [4.78, 5) is 13.1. The van der Waals surface area contributed by atoms with Crippen LogP contribution in [0.2, 0.25) is 0 Å². The Morgan fingerprint density at radius 2 is 2.00 bits per heavy atom. The molecule has 0 radical (unpaired) electrons. The van der Waals surface area contributed by atoms with Crippen molar-refractivity contribution in [2.24, 2.45) is 0 Å². The van der Waals surface area contributed by atoms with Crippen molar-refractivity contribution in [2.45, 2.75) is 13.3 Å². The first-order valence-corrected chi connectivity index (χ1v) is 5.22. The van der Waals surface area contributed by atoms with Gasteiger partial charge in [0.05, 0.1) is 13.0 Å². The molecule has 0 saturated heterocycles. The molecule has 0 aliphatic heterocycles. The van der Waals surface area contributed by atoms with Crippen LogP contribution in [0.3, 0.4) is 0 Å². The first-order valence-electron chi connectivity index (χ1n) is 4.81. The fourth-order valence-electron chi connectivity index (χ4n) is 0.900. The summed E-state index contributed by atoms with van der Waals surface area (Å²) in [6.45, 7) is 2.95. The number of carbonyl (C=O) groups excluding carboxylic acids is 1. The SMILES string of the molecule is CCOCCC(=O)NN(C)C(=S)N(C)C. The molecule has 0 saturated carbocycles. The highest BCUT2D eigenvalue weighted by Crippen LogP contribution is 1.89. The molecule has 15 heavy (non-hydrogen) atoms. The second-order valence-corrected chi connectivity index (χ2v) is 3.58. The molecule has 0 aliphatic carbocycles. The molecule has 88 valence electrons. The van der Waals surface area contributed by atoms with Crippen molar-refractivity contribution in [3.8, 4) is 0 Å². The molecule has 0 heterocycles. The second kappa shape index (κ2) is 7.42. The first-order chi connectivity index (χ1) is 6.99. The number of nitrogens with zero attached hydrogens (tertiary/aromatic N) is 2. The minimum atomic E-state index is -0.102. The summed E-state index contributed by atoms with van der Waals surface area (Å²) in [6.07, 6.45) is 0.341. The highest BCUT2D eigenvalue weighted by atomic mass is 32.1. The van der Waals surface area contributed by atoms with E-state index in [1.54, 1.807) is 11.9 Å². The maximum atomic E-state index is 11.3. The van der Waals surface area contributed by atoms with Gasteiger partial charge < -0.3 is 9.64 Å². The number of ether oxygens (including phenoxy) is 1. The van der Waals surface area contributed by atoms with E-state index in [-0.39, 0.29) is 5.91 Å². The zero-order chi connectivity index (χ0) is 11.8. The van der Waals surface area contributed by atoms with Crippen molar-refractivity contribution in [1.82, 2.24) is 15.3 Å².